The van der Waals surface area contributed by atoms with E-state index in [1.54, 1.807) is 0 Å². The van der Waals surface area contributed by atoms with Gasteiger partial charge in [0.2, 0.25) is 0 Å². The van der Waals surface area contributed by atoms with E-state index >= 15 is 0 Å². The van der Waals surface area contributed by atoms with Gasteiger partial charge in [-0.2, -0.15) is 5.10 Å². The fourth-order valence-electron chi connectivity index (χ4n) is 2.08. The molecule has 0 radical (unpaired) electrons. The lowest BCUT2D eigenvalue weighted by atomic mass is 10.0. The fraction of sp³-hybridized carbons (Fsp3) is 0.0714. The van der Waals surface area contributed by atoms with Gasteiger partial charge in [-0.25, -0.2) is 8.78 Å². The lowest BCUT2D eigenvalue weighted by Crippen LogP contribution is -1.92. The molecule has 0 fully saturated rings. The Morgan fingerprint density at radius 1 is 1.33 bits per heavy atom. The van der Waals surface area contributed by atoms with E-state index in [0.717, 1.165) is 16.5 Å². The zero-order valence-corrected chi connectivity index (χ0v) is 12.4. The van der Waals surface area contributed by atoms with Crippen LogP contribution in [0.1, 0.15) is 5.56 Å². The summed E-state index contributed by atoms with van der Waals surface area (Å²) in [5.41, 5.74) is 7.84. The van der Waals surface area contributed by atoms with Crippen LogP contribution < -0.4 is 5.73 Å². The highest BCUT2D eigenvalue weighted by atomic mass is 35.5. The van der Waals surface area contributed by atoms with Gasteiger partial charge in [0.1, 0.15) is 11.6 Å². The molecule has 0 aliphatic heterocycles. The average molecular weight is 326 g/mol. The Labute approximate surface area is 128 Å². The number of aromatic amines is 1. The largest absolute Gasteiger partial charge is 0.382 e. The molecule has 3 N–H and O–H groups in total. The number of aryl methyl sites for hydroxylation is 1. The smallest absolute Gasteiger partial charge is 0.153 e. The second kappa shape index (κ2) is 5.13. The van der Waals surface area contributed by atoms with E-state index in [4.69, 9.17) is 17.3 Å². The van der Waals surface area contributed by atoms with Gasteiger partial charge in [-0.05, 0) is 30.0 Å². The predicted octanol–water partition coefficient (Wildman–Crippen LogP) is 4.63. The van der Waals surface area contributed by atoms with Crippen molar-refractivity contribution in [1.29, 1.82) is 0 Å². The van der Waals surface area contributed by atoms with E-state index in [-0.39, 0.29) is 11.4 Å². The molecule has 0 amide bonds. The molecule has 0 aliphatic carbocycles. The first kappa shape index (κ1) is 14.0. The van der Waals surface area contributed by atoms with Gasteiger partial charge in [-0.1, -0.05) is 11.6 Å². The summed E-state index contributed by atoms with van der Waals surface area (Å²) in [6, 6.07) is 3.33. The van der Waals surface area contributed by atoms with Crippen LogP contribution in [0.2, 0.25) is 5.02 Å². The molecular weight excluding hydrogens is 316 g/mol. The zero-order valence-electron chi connectivity index (χ0n) is 10.9. The molecule has 0 aliphatic rings. The molecule has 2 aromatic heterocycles. The van der Waals surface area contributed by atoms with Gasteiger partial charge >= 0.3 is 0 Å². The van der Waals surface area contributed by atoms with Crippen LogP contribution in [0, 0.1) is 18.6 Å². The van der Waals surface area contributed by atoms with E-state index in [2.05, 4.69) is 10.2 Å². The Morgan fingerprint density at radius 3 is 2.71 bits per heavy atom. The highest BCUT2D eigenvalue weighted by molar-refractivity contribution is 7.14. The van der Waals surface area contributed by atoms with Crippen molar-refractivity contribution < 1.29 is 8.78 Å². The zero-order chi connectivity index (χ0) is 15.1. The molecular formula is C14H10ClF2N3S. The summed E-state index contributed by atoms with van der Waals surface area (Å²) in [7, 11) is 0. The van der Waals surface area contributed by atoms with Crippen molar-refractivity contribution in [3.63, 3.8) is 0 Å². The first-order valence-electron chi connectivity index (χ1n) is 6.02. The van der Waals surface area contributed by atoms with E-state index in [1.165, 1.54) is 23.5 Å². The van der Waals surface area contributed by atoms with E-state index in [1.807, 2.05) is 12.3 Å². The molecule has 7 heteroatoms. The number of H-pyrrole nitrogens is 1. The number of hydrogen-bond acceptors (Lipinski definition) is 3. The molecule has 21 heavy (non-hydrogen) atoms. The Kier molecular flexibility index (Phi) is 3.43. The lowest BCUT2D eigenvalue weighted by molar-refractivity contribution is 0.585. The first-order chi connectivity index (χ1) is 9.99. The molecule has 3 nitrogen and oxygen atoms in total. The number of anilines is 1. The van der Waals surface area contributed by atoms with Crippen molar-refractivity contribution in [3.8, 4) is 21.7 Å². The molecule has 0 spiro atoms. The van der Waals surface area contributed by atoms with Crippen molar-refractivity contribution in [2.45, 2.75) is 6.92 Å². The van der Waals surface area contributed by atoms with Gasteiger partial charge in [0, 0.05) is 11.6 Å². The normalized spacial score (nSPS) is 11.0. The highest BCUT2D eigenvalue weighted by Crippen LogP contribution is 2.42. The molecule has 108 valence electrons. The van der Waals surface area contributed by atoms with Gasteiger partial charge in [0.25, 0.3) is 0 Å². The van der Waals surface area contributed by atoms with E-state index in [0.29, 0.717) is 16.3 Å². The number of hydrogen-bond donors (Lipinski definition) is 2. The number of halogens is 3. The van der Waals surface area contributed by atoms with Gasteiger partial charge in [-0.15, -0.1) is 11.3 Å². The molecule has 0 bridgehead atoms. The monoisotopic (exact) mass is 325 g/mol. The topological polar surface area (TPSA) is 54.7 Å². The number of nitrogens with one attached hydrogen (secondary N) is 1. The second-order valence-electron chi connectivity index (χ2n) is 4.54. The highest BCUT2D eigenvalue weighted by Gasteiger charge is 2.21. The number of nitrogens with zero attached hydrogens (tertiary/aromatic N) is 1. The fourth-order valence-corrected chi connectivity index (χ4v) is 3.37. The van der Waals surface area contributed by atoms with Crippen LogP contribution in [-0.2, 0) is 0 Å². The van der Waals surface area contributed by atoms with Crippen molar-refractivity contribution in [2.24, 2.45) is 0 Å². The van der Waals surface area contributed by atoms with Crippen LogP contribution in [-0.4, -0.2) is 10.2 Å². The summed E-state index contributed by atoms with van der Waals surface area (Å²) in [6.07, 6.45) is 0. The standard InChI is InChI=1S/C14H10ClF2N3S/c1-6-5-21-13(11(6)15)12-10(14(18)20-19-12)8-3-2-7(16)4-9(8)17/h2-5H,1H3,(H3,18,19,20). The minimum atomic E-state index is -0.700. The maximum Gasteiger partial charge on any atom is 0.153 e. The SMILES string of the molecule is Cc1csc(-c2[nH]nc(N)c2-c2ccc(F)cc2F)c1Cl. The maximum atomic E-state index is 14.0. The molecule has 3 aromatic rings. The number of rotatable bonds is 2. The third-order valence-corrected chi connectivity index (χ3v) is 4.84. The minimum absolute atomic E-state index is 0.137. The van der Waals surface area contributed by atoms with Crippen LogP contribution in [0.15, 0.2) is 23.6 Å². The van der Waals surface area contributed by atoms with Gasteiger partial charge in [0.05, 0.1) is 21.2 Å². The quantitative estimate of drug-likeness (QED) is 0.722. The Balaban J connectivity index is 2.24. The van der Waals surface area contributed by atoms with Crippen LogP contribution in [0.5, 0.6) is 0 Å². The maximum absolute atomic E-state index is 14.0. The second-order valence-corrected chi connectivity index (χ2v) is 5.80. The number of nitrogens with two attached hydrogens (primary N) is 1. The van der Waals surface area contributed by atoms with Crippen molar-refractivity contribution in [3.05, 3.63) is 45.8 Å². The summed E-state index contributed by atoms with van der Waals surface area (Å²) < 4.78 is 27.1. The third-order valence-electron chi connectivity index (χ3n) is 3.12. The summed E-state index contributed by atoms with van der Waals surface area (Å²) in [6.45, 7) is 1.88. The number of benzene rings is 1. The Morgan fingerprint density at radius 2 is 2.10 bits per heavy atom. The molecule has 0 saturated heterocycles. The number of nitrogen functional groups attached to an aromatic ring is 1. The van der Waals surface area contributed by atoms with Crippen molar-refractivity contribution >= 4 is 28.8 Å². The van der Waals surface area contributed by atoms with Crippen molar-refractivity contribution in [1.82, 2.24) is 10.2 Å². The first-order valence-corrected chi connectivity index (χ1v) is 7.28. The summed E-state index contributed by atoms with van der Waals surface area (Å²) in [5, 5.41) is 9.15. The summed E-state index contributed by atoms with van der Waals surface area (Å²) in [4.78, 5) is 0.720. The lowest BCUT2D eigenvalue weighted by Gasteiger charge is -2.05. The summed E-state index contributed by atoms with van der Waals surface area (Å²) >= 11 is 7.65. The summed E-state index contributed by atoms with van der Waals surface area (Å²) in [5.74, 6) is -1.21. The molecule has 2 heterocycles. The minimum Gasteiger partial charge on any atom is -0.382 e. The van der Waals surface area contributed by atoms with Crippen molar-refractivity contribution in [2.75, 3.05) is 5.73 Å². The van der Waals surface area contributed by atoms with Crippen LogP contribution in [0.4, 0.5) is 14.6 Å². The average Bonchev–Trinajstić information content (AvgIpc) is 2.95. The number of thiophene rings is 1. The van der Waals surface area contributed by atoms with Crippen LogP contribution in [0.25, 0.3) is 21.7 Å². The molecule has 1 aromatic carbocycles. The van der Waals surface area contributed by atoms with Crippen LogP contribution >= 0.6 is 22.9 Å². The molecule has 0 saturated carbocycles. The predicted molar refractivity (Wildman–Crippen MR) is 81.4 cm³/mol. The Bertz CT molecular complexity index is 826. The van der Waals surface area contributed by atoms with Gasteiger partial charge in [0.15, 0.2) is 5.82 Å². The van der Waals surface area contributed by atoms with E-state index in [9.17, 15) is 8.78 Å². The molecule has 3 rings (SSSR count). The van der Waals surface area contributed by atoms with Crippen LogP contribution in [0.3, 0.4) is 0 Å². The number of aromatic nitrogens is 2. The molecule has 0 atom stereocenters. The van der Waals surface area contributed by atoms with E-state index < -0.39 is 11.6 Å². The van der Waals surface area contributed by atoms with Gasteiger partial charge in [-0.3, -0.25) is 5.10 Å². The molecule has 0 unspecified atom stereocenters. The Hall–Kier alpha value is -1.92. The third kappa shape index (κ3) is 2.30. The van der Waals surface area contributed by atoms with Gasteiger partial charge < -0.3 is 5.73 Å².